The van der Waals surface area contributed by atoms with Gasteiger partial charge in [0.2, 0.25) is 15.9 Å². The van der Waals surface area contributed by atoms with E-state index in [2.05, 4.69) is 0 Å². The molecule has 0 atom stereocenters. The Kier molecular flexibility index (Phi) is 6.28. The van der Waals surface area contributed by atoms with E-state index < -0.39 is 26.7 Å². The first-order valence-corrected chi connectivity index (χ1v) is 10.6. The first-order valence-electron chi connectivity index (χ1n) is 9.17. The number of sulfonamides is 1. The monoisotopic (exact) mass is 426 g/mol. The molecular weight excluding hydrogens is 405 g/mol. The second-order valence-corrected chi connectivity index (χ2v) is 8.67. The van der Waals surface area contributed by atoms with Gasteiger partial charge in [-0.05, 0) is 24.1 Å². The molecular formula is C20H21F3N2O3S. The molecule has 1 heterocycles. The highest BCUT2D eigenvalue weighted by Gasteiger charge is 2.39. The zero-order chi connectivity index (χ0) is 21.1. The Morgan fingerprint density at radius 2 is 1.48 bits per heavy atom. The van der Waals surface area contributed by atoms with Crippen molar-refractivity contribution in [3.8, 4) is 0 Å². The number of benzene rings is 2. The molecule has 0 bridgehead atoms. The van der Waals surface area contributed by atoms with Gasteiger partial charge >= 0.3 is 6.18 Å². The van der Waals surface area contributed by atoms with Crippen LogP contribution in [0.5, 0.6) is 0 Å². The van der Waals surface area contributed by atoms with Crippen molar-refractivity contribution in [1.82, 2.24) is 9.21 Å². The highest BCUT2D eigenvalue weighted by Crippen LogP contribution is 2.35. The summed E-state index contributed by atoms with van der Waals surface area (Å²) >= 11 is 0. The van der Waals surface area contributed by atoms with Crippen molar-refractivity contribution >= 4 is 15.9 Å². The van der Waals surface area contributed by atoms with E-state index in [9.17, 15) is 26.4 Å². The maximum absolute atomic E-state index is 13.2. The molecule has 1 fully saturated rings. The molecule has 0 radical (unpaired) electrons. The van der Waals surface area contributed by atoms with Crippen molar-refractivity contribution in [1.29, 1.82) is 0 Å². The number of aryl methyl sites for hydroxylation is 1. The van der Waals surface area contributed by atoms with Crippen LogP contribution in [-0.4, -0.2) is 49.7 Å². The molecule has 1 aliphatic heterocycles. The standard InChI is InChI=1S/C20H21F3N2O3S/c21-20(22,23)17-8-4-5-9-18(17)29(27,28)25-14-12-24(13-15-25)19(26)11-10-16-6-2-1-3-7-16/h1-9H,10-15H2. The Hall–Kier alpha value is -2.39. The minimum absolute atomic E-state index is 0.0361. The number of amides is 1. The van der Waals surface area contributed by atoms with Gasteiger partial charge in [0.1, 0.15) is 0 Å². The summed E-state index contributed by atoms with van der Waals surface area (Å²) in [4.78, 5) is 13.2. The first kappa shape index (κ1) is 21.3. The number of hydrogen-bond donors (Lipinski definition) is 0. The van der Waals surface area contributed by atoms with Crippen molar-refractivity contribution in [3.05, 3.63) is 65.7 Å². The quantitative estimate of drug-likeness (QED) is 0.738. The van der Waals surface area contributed by atoms with Gasteiger partial charge in [-0.3, -0.25) is 4.79 Å². The van der Waals surface area contributed by atoms with Gasteiger partial charge < -0.3 is 4.90 Å². The van der Waals surface area contributed by atoms with Gasteiger partial charge in [0.15, 0.2) is 0 Å². The molecule has 3 rings (SSSR count). The maximum atomic E-state index is 13.2. The van der Waals surface area contributed by atoms with Gasteiger partial charge in [0.25, 0.3) is 0 Å². The van der Waals surface area contributed by atoms with Gasteiger partial charge in [0.05, 0.1) is 10.5 Å². The second-order valence-electron chi connectivity index (χ2n) is 6.76. The summed E-state index contributed by atoms with van der Waals surface area (Å²) < 4.78 is 66.1. The summed E-state index contributed by atoms with van der Waals surface area (Å²) in [6.45, 7) is 0.235. The van der Waals surface area contributed by atoms with Crippen LogP contribution in [0.2, 0.25) is 0 Å². The molecule has 0 aromatic heterocycles. The van der Waals surface area contributed by atoms with Crippen molar-refractivity contribution in [2.45, 2.75) is 23.9 Å². The van der Waals surface area contributed by atoms with Crippen LogP contribution in [0.25, 0.3) is 0 Å². The van der Waals surface area contributed by atoms with Crippen molar-refractivity contribution in [2.24, 2.45) is 0 Å². The minimum Gasteiger partial charge on any atom is -0.340 e. The molecule has 156 valence electrons. The summed E-state index contributed by atoms with van der Waals surface area (Å²) in [5, 5.41) is 0. The van der Waals surface area contributed by atoms with E-state index in [0.717, 1.165) is 28.1 Å². The van der Waals surface area contributed by atoms with E-state index in [0.29, 0.717) is 12.8 Å². The Morgan fingerprint density at radius 3 is 2.10 bits per heavy atom. The van der Waals surface area contributed by atoms with Crippen LogP contribution in [0.4, 0.5) is 13.2 Å². The predicted octanol–water partition coefficient (Wildman–Crippen LogP) is 3.17. The van der Waals surface area contributed by atoms with Gasteiger partial charge in [-0.15, -0.1) is 0 Å². The van der Waals surface area contributed by atoms with Gasteiger partial charge in [-0.1, -0.05) is 42.5 Å². The molecule has 0 spiro atoms. The minimum atomic E-state index is -4.76. The summed E-state index contributed by atoms with van der Waals surface area (Å²) in [6, 6.07) is 13.7. The molecule has 2 aromatic carbocycles. The zero-order valence-corrected chi connectivity index (χ0v) is 16.4. The lowest BCUT2D eigenvalue weighted by molar-refractivity contribution is -0.139. The fourth-order valence-electron chi connectivity index (χ4n) is 3.30. The van der Waals surface area contributed by atoms with Crippen LogP contribution in [0.1, 0.15) is 17.5 Å². The molecule has 1 amide bonds. The number of alkyl halides is 3. The fraction of sp³-hybridized carbons (Fsp3) is 0.350. The normalized spacial score (nSPS) is 16.0. The Morgan fingerprint density at radius 1 is 0.897 bits per heavy atom. The predicted molar refractivity (Wildman–Crippen MR) is 102 cm³/mol. The number of carbonyl (C=O) groups is 1. The molecule has 0 aliphatic carbocycles. The smallest absolute Gasteiger partial charge is 0.340 e. The van der Waals surface area contributed by atoms with Crippen LogP contribution in [0.15, 0.2) is 59.5 Å². The highest BCUT2D eigenvalue weighted by atomic mass is 32.2. The van der Waals surface area contributed by atoms with Crippen LogP contribution >= 0.6 is 0 Å². The van der Waals surface area contributed by atoms with Crippen molar-refractivity contribution in [3.63, 3.8) is 0 Å². The summed E-state index contributed by atoms with van der Waals surface area (Å²) in [5.74, 6) is -0.0957. The van der Waals surface area contributed by atoms with Crippen LogP contribution in [0.3, 0.4) is 0 Å². The van der Waals surface area contributed by atoms with E-state index in [1.54, 1.807) is 4.90 Å². The van der Waals surface area contributed by atoms with Gasteiger partial charge in [-0.25, -0.2) is 8.42 Å². The number of nitrogens with zero attached hydrogens (tertiary/aromatic N) is 2. The average molecular weight is 426 g/mol. The van der Waals surface area contributed by atoms with E-state index in [1.165, 1.54) is 6.07 Å². The SMILES string of the molecule is O=C(CCc1ccccc1)N1CCN(S(=O)(=O)c2ccccc2C(F)(F)F)CC1. The molecule has 0 unspecified atom stereocenters. The maximum Gasteiger partial charge on any atom is 0.417 e. The Balaban J connectivity index is 1.64. The van der Waals surface area contributed by atoms with Crippen LogP contribution in [-0.2, 0) is 27.4 Å². The number of hydrogen-bond acceptors (Lipinski definition) is 3. The largest absolute Gasteiger partial charge is 0.417 e. The van der Waals surface area contributed by atoms with E-state index in [4.69, 9.17) is 0 Å². The van der Waals surface area contributed by atoms with E-state index in [1.807, 2.05) is 30.3 Å². The van der Waals surface area contributed by atoms with Gasteiger partial charge in [0, 0.05) is 32.6 Å². The number of carbonyl (C=O) groups excluding carboxylic acids is 1. The number of rotatable bonds is 5. The Bertz CT molecular complexity index is 954. The summed E-state index contributed by atoms with van der Waals surface area (Å²) in [5.41, 5.74) is -0.146. The summed E-state index contributed by atoms with van der Waals surface area (Å²) in [7, 11) is -4.30. The van der Waals surface area contributed by atoms with Crippen molar-refractivity contribution < 1.29 is 26.4 Å². The molecule has 0 saturated carbocycles. The summed E-state index contributed by atoms with van der Waals surface area (Å²) in [6.07, 6.45) is -3.89. The Labute approximate surface area is 167 Å². The molecule has 2 aromatic rings. The molecule has 29 heavy (non-hydrogen) atoms. The molecule has 0 N–H and O–H groups in total. The fourth-order valence-corrected chi connectivity index (χ4v) is 4.93. The lowest BCUT2D eigenvalue weighted by Gasteiger charge is -2.34. The third-order valence-corrected chi connectivity index (χ3v) is 6.83. The lowest BCUT2D eigenvalue weighted by Crippen LogP contribution is -2.50. The topological polar surface area (TPSA) is 57.7 Å². The molecule has 1 saturated heterocycles. The molecule has 9 heteroatoms. The van der Waals surface area contributed by atoms with Crippen LogP contribution < -0.4 is 0 Å². The van der Waals surface area contributed by atoms with Gasteiger partial charge in [-0.2, -0.15) is 17.5 Å². The number of piperazine rings is 1. The highest BCUT2D eigenvalue weighted by molar-refractivity contribution is 7.89. The number of halogens is 3. The van der Waals surface area contributed by atoms with E-state index in [-0.39, 0.29) is 32.1 Å². The molecule has 1 aliphatic rings. The average Bonchev–Trinajstić information content (AvgIpc) is 2.72. The second kappa shape index (κ2) is 8.54. The van der Waals surface area contributed by atoms with E-state index >= 15 is 0 Å². The van der Waals surface area contributed by atoms with Crippen molar-refractivity contribution in [2.75, 3.05) is 26.2 Å². The first-order chi connectivity index (χ1) is 13.7. The van der Waals surface area contributed by atoms with Crippen LogP contribution in [0, 0.1) is 0 Å². The third kappa shape index (κ3) is 4.97. The lowest BCUT2D eigenvalue weighted by atomic mass is 10.1. The third-order valence-electron chi connectivity index (χ3n) is 4.87. The molecule has 5 nitrogen and oxygen atoms in total. The zero-order valence-electron chi connectivity index (χ0n) is 15.6.